The lowest BCUT2D eigenvalue weighted by molar-refractivity contribution is 0.0863. The van der Waals surface area contributed by atoms with Gasteiger partial charge in [-0.3, -0.25) is 4.90 Å². The van der Waals surface area contributed by atoms with E-state index in [9.17, 15) is 0 Å². The molecule has 1 N–H and O–H groups in total. The van der Waals surface area contributed by atoms with Crippen molar-refractivity contribution in [2.45, 2.75) is 26.8 Å². The molecule has 1 fully saturated rings. The quantitative estimate of drug-likeness (QED) is 0.792. The van der Waals surface area contributed by atoms with Gasteiger partial charge in [0.2, 0.25) is 0 Å². The molecule has 1 heterocycles. The van der Waals surface area contributed by atoms with E-state index in [0.29, 0.717) is 15.1 Å². The van der Waals surface area contributed by atoms with Crippen LogP contribution in [0.2, 0.25) is 15.1 Å². The monoisotopic (exact) mass is 334 g/mol. The Morgan fingerprint density at radius 3 is 2.25 bits per heavy atom. The Labute approximate surface area is 136 Å². The fraction of sp³-hybridized carbons (Fsp3) is 0.600. The second-order valence-electron chi connectivity index (χ2n) is 6.35. The van der Waals surface area contributed by atoms with Crippen LogP contribution in [-0.4, -0.2) is 31.1 Å². The first-order chi connectivity index (χ1) is 9.30. The van der Waals surface area contributed by atoms with E-state index < -0.39 is 0 Å². The third kappa shape index (κ3) is 3.61. The van der Waals surface area contributed by atoms with Gasteiger partial charge in [-0.05, 0) is 23.1 Å². The highest BCUT2D eigenvalue weighted by atomic mass is 35.5. The van der Waals surface area contributed by atoms with Crippen molar-refractivity contribution >= 4 is 34.8 Å². The van der Waals surface area contributed by atoms with Crippen LogP contribution >= 0.6 is 34.8 Å². The normalized spacial score (nSPS) is 19.1. The average Bonchev–Trinajstić information content (AvgIpc) is 2.35. The van der Waals surface area contributed by atoms with E-state index >= 15 is 0 Å². The number of benzene rings is 1. The third-order valence-corrected chi connectivity index (χ3v) is 4.69. The lowest BCUT2D eigenvalue weighted by Crippen LogP contribution is -2.48. The van der Waals surface area contributed by atoms with E-state index in [-0.39, 0.29) is 11.5 Å². The average molecular weight is 336 g/mol. The van der Waals surface area contributed by atoms with E-state index in [1.807, 2.05) is 6.07 Å². The molecule has 0 aromatic heterocycles. The number of hydrogen-bond acceptors (Lipinski definition) is 2. The number of halogens is 3. The van der Waals surface area contributed by atoms with Crippen LogP contribution in [0.4, 0.5) is 0 Å². The summed E-state index contributed by atoms with van der Waals surface area (Å²) in [6, 6.07) is 3.86. The summed E-state index contributed by atoms with van der Waals surface area (Å²) in [4.78, 5) is 2.46. The molecule has 0 aliphatic carbocycles. The van der Waals surface area contributed by atoms with Crippen LogP contribution < -0.4 is 5.32 Å². The van der Waals surface area contributed by atoms with Crippen LogP contribution in [0, 0.1) is 5.41 Å². The van der Waals surface area contributed by atoms with Gasteiger partial charge in [-0.25, -0.2) is 0 Å². The van der Waals surface area contributed by atoms with Crippen LogP contribution in [0.5, 0.6) is 0 Å². The highest BCUT2D eigenvalue weighted by Crippen LogP contribution is 2.44. The predicted molar refractivity (Wildman–Crippen MR) is 88.1 cm³/mol. The molecule has 1 aliphatic heterocycles. The van der Waals surface area contributed by atoms with Gasteiger partial charge in [-0.1, -0.05) is 55.6 Å². The Morgan fingerprint density at radius 2 is 1.70 bits per heavy atom. The zero-order valence-electron chi connectivity index (χ0n) is 12.1. The van der Waals surface area contributed by atoms with Crippen molar-refractivity contribution in [2.24, 2.45) is 5.41 Å². The number of nitrogens with one attached hydrogen (secondary N) is 1. The highest BCUT2D eigenvalue weighted by molar-refractivity contribution is 6.43. The Hall–Kier alpha value is 0.01000. The van der Waals surface area contributed by atoms with Crippen molar-refractivity contribution in [3.05, 3.63) is 32.8 Å². The van der Waals surface area contributed by atoms with Gasteiger partial charge in [0.05, 0.1) is 10.0 Å². The van der Waals surface area contributed by atoms with Crippen LogP contribution in [0.25, 0.3) is 0 Å². The molecule has 2 rings (SSSR count). The fourth-order valence-electron chi connectivity index (χ4n) is 2.93. The minimum atomic E-state index is 0.0506. The molecular formula is C15H21Cl3N2. The molecular weight excluding hydrogens is 315 g/mol. The minimum Gasteiger partial charge on any atom is -0.314 e. The lowest BCUT2D eigenvalue weighted by Gasteiger charge is -2.43. The van der Waals surface area contributed by atoms with Crippen molar-refractivity contribution in [1.29, 1.82) is 0 Å². The van der Waals surface area contributed by atoms with Gasteiger partial charge in [-0.2, -0.15) is 0 Å². The van der Waals surface area contributed by atoms with Crippen molar-refractivity contribution in [3.63, 3.8) is 0 Å². The number of piperazine rings is 1. The standard InChI is InChI=1S/C15H21Cl3N2/c1-15(2,3)14(20-6-4-19-5-7-20)11-8-10(16)9-12(17)13(11)18/h8-9,14,19H,4-7H2,1-3H3/t14-/m1/s1. The second-order valence-corrected chi connectivity index (χ2v) is 7.57. The summed E-state index contributed by atoms with van der Waals surface area (Å²) in [5, 5.41) is 5.17. The largest absolute Gasteiger partial charge is 0.314 e. The van der Waals surface area contributed by atoms with Crippen LogP contribution in [0.1, 0.15) is 32.4 Å². The van der Waals surface area contributed by atoms with Crippen LogP contribution in [-0.2, 0) is 0 Å². The van der Waals surface area contributed by atoms with Crippen molar-refractivity contribution < 1.29 is 0 Å². The van der Waals surface area contributed by atoms with E-state index in [1.54, 1.807) is 6.07 Å². The number of nitrogens with zero attached hydrogens (tertiary/aromatic N) is 1. The minimum absolute atomic E-state index is 0.0506. The van der Waals surface area contributed by atoms with Crippen LogP contribution in [0.15, 0.2) is 12.1 Å². The van der Waals surface area contributed by atoms with E-state index in [1.165, 1.54) is 0 Å². The summed E-state index contributed by atoms with van der Waals surface area (Å²) in [5.41, 5.74) is 1.08. The molecule has 1 aromatic rings. The smallest absolute Gasteiger partial charge is 0.0641 e. The second kappa shape index (κ2) is 6.41. The van der Waals surface area contributed by atoms with Crippen molar-refractivity contribution in [2.75, 3.05) is 26.2 Å². The van der Waals surface area contributed by atoms with Crippen molar-refractivity contribution in [1.82, 2.24) is 10.2 Å². The first-order valence-electron chi connectivity index (χ1n) is 6.90. The molecule has 0 spiro atoms. The Balaban J connectivity index is 2.46. The summed E-state index contributed by atoms with van der Waals surface area (Å²) in [6.45, 7) is 10.7. The van der Waals surface area contributed by atoms with Gasteiger partial charge in [0, 0.05) is 37.2 Å². The summed E-state index contributed by atoms with van der Waals surface area (Å²) in [7, 11) is 0. The Bertz CT molecular complexity index is 477. The highest BCUT2D eigenvalue weighted by Gasteiger charge is 2.34. The summed E-state index contributed by atoms with van der Waals surface area (Å²) in [5.74, 6) is 0. The van der Waals surface area contributed by atoms with Gasteiger partial charge in [0.1, 0.15) is 0 Å². The molecule has 1 saturated heterocycles. The summed E-state index contributed by atoms with van der Waals surface area (Å²) < 4.78 is 0. The molecule has 20 heavy (non-hydrogen) atoms. The summed E-state index contributed by atoms with van der Waals surface area (Å²) >= 11 is 18.8. The maximum absolute atomic E-state index is 6.45. The first kappa shape index (κ1) is 16.4. The molecule has 0 saturated carbocycles. The maximum atomic E-state index is 6.45. The van der Waals surface area contributed by atoms with E-state index in [4.69, 9.17) is 34.8 Å². The zero-order chi connectivity index (χ0) is 14.9. The Morgan fingerprint density at radius 1 is 1.10 bits per heavy atom. The summed E-state index contributed by atoms with van der Waals surface area (Å²) in [6.07, 6.45) is 0. The molecule has 1 aliphatic rings. The predicted octanol–water partition coefficient (Wildman–Crippen LogP) is 4.64. The van der Waals surface area contributed by atoms with E-state index in [0.717, 1.165) is 31.7 Å². The molecule has 112 valence electrons. The van der Waals surface area contributed by atoms with Gasteiger partial charge in [0.15, 0.2) is 0 Å². The number of rotatable bonds is 2. The molecule has 0 radical (unpaired) electrons. The molecule has 0 unspecified atom stereocenters. The molecule has 0 bridgehead atoms. The maximum Gasteiger partial charge on any atom is 0.0641 e. The van der Waals surface area contributed by atoms with Gasteiger partial charge < -0.3 is 5.32 Å². The molecule has 0 amide bonds. The van der Waals surface area contributed by atoms with Crippen LogP contribution in [0.3, 0.4) is 0 Å². The fourth-order valence-corrected chi connectivity index (χ4v) is 3.65. The Kier molecular flexibility index (Phi) is 5.25. The van der Waals surface area contributed by atoms with Gasteiger partial charge >= 0.3 is 0 Å². The first-order valence-corrected chi connectivity index (χ1v) is 8.03. The van der Waals surface area contributed by atoms with Crippen molar-refractivity contribution in [3.8, 4) is 0 Å². The molecule has 1 aromatic carbocycles. The number of hydrogen-bond donors (Lipinski definition) is 1. The SMILES string of the molecule is CC(C)(C)[C@@H](c1cc(Cl)cc(Cl)c1Cl)N1CCNCC1. The third-order valence-electron chi connectivity index (χ3n) is 3.65. The van der Waals surface area contributed by atoms with E-state index in [2.05, 4.69) is 31.0 Å². The van der Waals surface area contributed by atoms with Gasteiger partial charge in [-0.15, -0.1) is 0 Å². The topological polar surface area (TPSA) is 15.3 Å². The molecule has 1 atom stereocenters. The molecule has 5 heteroatoms. The zero-order valence-corrected chi connectivity index (χ0v) is 14.4. The van der Waals surface area contributed by atoms with Gasteiger partial charge in [0.25, 0.3) is 0 Å². The molecule has 2 nitrogen and oxygen atoms in total. The lowest BCUT2D eigenvalue weighted by atomic mass is 9.81.